The molecule has 0 radical (unpaired) electrons. The lowest BCUT2D eigenvalue weighted by atomic mass is 10.3. The van der Waals surface area contributed by atoms with E-state index in [2.05, 4.69) is 15.3 Å². The number of fused-ring (bicyclic) bond motifs is 1. The van der Waals surface area contributed by atoms with Gasteiger partial charge in [0.25, 0.3) is 0 Å². The summed E-state index contributed by atoms with van der Waals surface area (Å²) >= 11 is 1.05. The topological polar surface area (TPSA) is 42.2 Å². The first-order valence-electron chi connectivity index (χ1n) is 6.38. The van der Waals surface area contributed by atoms with Crippen molar-refractivity contribution >= 4 is 23.2 Å². The van der Waals surface area contributed by atoms with Crippen LogP contribution in [-0.2, 0) is 0 Å². The molecule has 0 unspecified atom stereocenters. The van der Waals surface area contributed by atoms with Gasteiger partial charge in [-0.3, -0.25) is 0 Å². The molecule has 0 saturated carbocycles. The van der Waals surface area contributed by atoms with Gasteiger partial charge in [0.2, 0.25) is 0 Å². The molecule has 2 heterocycles. The maximum absolute atomic E-state index is 13.8. The van der Waals surface area contributed by atoms with Gasteiger partial charge in [-0.15, -0.1) is 0 Å². The van der Waals surface area contributed by atoms with Gasteiger partial charge in [-0.1, -0.05) is 11.8 Å². The minimum atomic E-state index is -0.485. The molecule has 0 spiro atoms. The van der Waals surface area contributed by atoms with Gasteiger partial charge in [-0.2, -0.15) is 0 Å². The number of nitrogens with zero attached hydrogens (tertiary/aromatic N) is 3. The third-order valence-corrected chi connectivity index (χ3v) is 3.80. The smallest absolute Gasteiger partial charge is 0.170 e. The Morgan fingerprint density at radius 1 is 1.33 bits per heavy atom. The number of imidazole rings is 1. The summed E-state index contributed by atoms with van der Waals surface area (Å²) in [5, 5.41) is 3.62. The van der Waals surface area contributed by atoms with Crippen LogP contribution in [0.4, 0.5) is 14.6 Å². The molecule has 0 aliphatic rings. The van der Waals surface area contributed by atoms with Crippen molar-refractivity contribution in [3.05, 3.63) is 48.4 Å². The van der Waals surface area contributed by atoms with Crippen LogP contribution in [-0.4, -0.2) is 20.9 Å². The Morgan fingerprint density at radius 2 is 2.19 bits per heavy atom. The molecule has 2 aromatic heterocycles. The van der Waals surface area contributed by atoms with Crippen molar-refractivity contribution in [3.63, 3.8) is 0 Å². The number of benzene rings is 1. The summed E-state index contributed by atoms with van der Waals surface area (Å²) in [5.41, 5.74) is 0.602. The fourth-order valence-corrected chi connectivity index (χ4v) is 2.84. The molecule has 3 rings (SSSR count). The summed E-state index contributed by atoms with van der Waals surface area (Å²) in [6, 6.07) is 3.35. The van der Waals surface area contributed by atoms with E-state index in [9.17, 15) is 8.78 Å². The maximum Gasteiger partial charge on any atom is 0.170 e. The monoisotopic (exact) mass is 306 g/mol. The van der Waals surface area contributed by atoms with Gasteiger partial charge < -0.3 is 9.72 Å². The highest BCUT2D eigenvalue weighted by atomic mass is 32.2. The fourth-order valence-electron chi connectivity index (χ4n) is 1.90. The van der Waals surface area contributed by atoms with Crippen LogP contribution < -0.4 is 5.32 Å². The van der Waals surface area contributed by atoms with Crippen molar-refractivity contribution in [2.45, 2.75) is 16.8 Å². The lowest BCUT2D eigenvalue weighted by Crippen LogP contribution is -2.02. The number of rotatable bonds is 4. The zero-order chi connectivity index (χ0) is 14.8. The SMILES string of the molecule is CCNc1cn2ccnc2c(Sc2cc(F)ccc2F)n1. The molecule has 0 bridgehead atoms. The molecule has 1 aromatic carbocycles. The van der Waals surface area contributed by atoms with Gasteiger partial charge in [0.1, 0.15) is 22.5 Å². The first kappa shape index (κ1) is 13.8. The van der Waals surface area contributed by atoms with Crippen molar-refractivity contribution in [1.82, 2.24) is 14.4 Å². The van der Waals surface area contributed by atoms with Crippen LogP contribution in [0, 0.1) is 11.6 Å². The Hall–Kier alpha value is -2.15. The van der Waals surface area contributed by atoms with Crippen LogP contribution in [0.25, 0.3) is 5.65 Å². The largest absolute Gasteiger partial charge is 0.369 e. The second-order valence-corrected chi connectivity index (χ2v) is 5.33. The third kappa shape index (κ3) is 2.82. The first-order valence-corrected chi connectivity index (χ1v) is 7.19. The minimum absolute atomic E-state index is 0.182. The summed E-state index contributed by atoms with van der Waals surface area (Å²) < 4.78 is 28.8. The molecule has 108 valence electrons. The Morgan fingerprint density at radius 3 is 3.00 bits per heavy atom. The normalized spacial score (nSPS) is 11.0. The van der Waals surface area contributed by atoms with Crippen molar-refractivity contribution in [1.29, 1.82) is 0 Å². The second-order valence-electron chi connectivity index (χ2n) is 4.30. The first-order chi connectivity index (χ1) is 10.2. The number of nitrogens with one attached hydrogen (secondary N) is 1. The van der Waals surface area contributed by atoms with Gasteiger partial charge in [0.15, 0.2) is 5.65 Å². The molecule has 0 fully saturated rings. The number of halogens is 2. The quantitative estimate of drug-likeness (QED) is 0.800. The summed E-state index contributed by atoms with van der Waals surface area (Å²) in [6.07, 6.45) is 5.22. The van der Waals surface area contributed by atoms with Gasteiger partial charge in [0.05, 0.1) is 11.1 Å². The predicted octanol–water partition coefficient (Wildman–Crippen LogP) is 3.59. The predicted molar refractivity (Wildman–Crippen MR) is 77.6 cm³/mol. The van der Waals surface area contributed by atoms with Crippen molar-refractivity contribution in [2.24, 2.45) is 0 Å². The van der Waals surface area contributed by atoms with E-state index in [1.54, 1.807) is 23.0 Å². The molecule has 3 aromatic rings. The van der Waals surface area contributed by atoms with E-state index in [1.807, 2.05) is 6.92 Å². The molecule has 0 aliphatic carbocycles. The number of anilines is 1. The van der Waals surface area contributed by atoms with Gasteiger partial charge >= 0.3 is 0 Å². The summed E-state index contributed by atoms with van der Waals surface area (Å²) in [6.45, 7) is 2.67. The van der Waals surface area contributed by atoms with Crippen molar-refractivity contribution < 1.29 is 8.78 Å². The van der Waals surface area contributed by atoms with Gasteiger partial charge in [-0.25, -0.2) is 18.7 Å². The highest BCUT2D eigenvalue weighted by molar-refractivity contribution is 7.99. The Balaban J connectivity index is 2.06. The van der Waals surface area contributed by atoms with Crippen LogP contribution in [0.1, 0.15) is 6.92 Å². The Bertz CT molecular complexity index is 788. The summed E-state index contributed by atoms with van der Waals surface area (Å²) in [4.78, 5) is 8.79. The molecular weight excluding hydrogens is 294 g/mol. The molecule has 0 saturated heterocycles. The lowest BCUT2D eigenvalue weighted by molar-refractivity contribution is 0.577. The molecule has 21 heavy (non-hydrogen) atoms. The van der Waals surface area contributed by atoms with Crippen LogP contribution in [0.15, 0.2) is 46.7 Å². The molecule has 0 aliphatic heterocycles. The zero-order valence-electron chi connectivity index (χ0n) is 11.2. The molecule has 4 nitrogen and oxygen atoms in total. The van der Waals surface area contributed by atoms with E-state index in [-0.39, 0.29) is 4.90 Å². The van der Waals surface area contributed by atoms with Crippen LogP contribution in [0.5, 0.6) is 0 Å². The van der Waals surface area contributed by atoms with Crippen molar-refractivity contribution in [3.8, 4) is 0 Å². The van der Waals surface area contributed by atoms with Crippen molar-refractivity contribution in [2.75, 3.05) is 11.9 Å². The average molecular weight is 306 g/mol. The van der Waals surface area contributed by atoms with Gasteiger partial charge in [-0.05, 0) is 25.1 Å². The van der Waals surface area contributed by atoms with E-state index in [4.69, 9.17) is 0 Å². The molecule has 1 N–H and O–H groups in total. The number of aromatic nitrogens is 3. The number of hydrogen-bond acceptors (Lipinski definition) is 4. The van der Waals surface area contributed by atoms with Crippen LogP contribution >= 0.6 is 11.8 Å². The Labute approximate surface area is 124 Å². The van der Waals surface area contributed by atoms with E-state index >= 15 is 0 Å². The number of hydrogen-bond donors (Lipinski definition) is 1. The summed E-state index contributed by atoms with van der Waals surface area (Å²) in [5.74, 6) is -0.315. The van der Waals surface area contributed by atoms with Gasteiger partial charge in [0, 0.05) is 18.9 Å². The Kier molecular flexibility index (Phi) is 3.74. The van der Waals surface area contributed by atoms with E-state index in [0.29, 0.717) is 23.0 Å². The van der Waals surface area contributed by atoms with E-state index in [1.165, 1.54) is 0 Å². The second kappa shape index (κ2) is 5.69. The highest BCUT2D eigenvalue weighted by Crippen LogP contribution is 2.32. The standard InChI is InChI=1S/C14H12F2N4S/c1-2-17-12-8-20-6-5-18-13(20)14(19-12)21-11-7-9(15)3-4-10(11)16/h3-8,17H,2H2,1H3. The summed E-state index contributed by atoms with van der Waals surface area (Å²) in [7, 11) is 0. The highest BCUT2D eigenvalue weighted by Gasteiger charge is 2.12. The van der Waals surface area contributed by atoms with E-state index < -0.39 is 11.6 Å². The molecular formula is C14H12F2N4S. The molecule has 0 amide bonds. The average Bonchev–Trinajstić information content (AvgIpc) is 2.92. The van der Waals surface area contributed by atoms with Crippen LogP contribution in [0.2, 0.25) is 0 Å². The maximum atomic E-state index is 13.8. The van der Waals surface area contributed by atoms with E-state index in [0.717, 1.165) is 30.0 Å². The fraction of sp³-hybridized carbons (Fsp3) is 0.143. The molecule has 7 heteroatoms. The lowest BCUT2D eigenvalue weighted by Gasteiger charge is -2.08. The third-order valence-electron chi connectivity index (χ3n) is 2.80. The minimum Gasteiger partial charge on any atom is -0.369 e. The molecule has 0 atom stereocenters. The zero-order valence-corrected chi connectivity index (χ0v) is 12.0. The van der Waals surface area contributed by atoms with Crippen LogP contribution in [0.3, 0.4) is 0 Å².